The molecule has 1 heterocycles. The summed E-state index contributed by atoms with van der Waals surface area (Å²) in [7, 11) is 0. The molecule has 0 atom stereocenters. The van der Waals surface area contributed by atoms with E-state index in [4.69, 9.17) is 5.11 Å². The molecule has 0 aromatic heterocycles. The predicted molar refractivity (Wildman–Crippen MR) is 47.2 cm³/mol. The van der Waals surface area contributed by atoms with E-state index in [-0.39, 0.29) is 6.42 Å². The molecule has 0 saturated carbocycles. The summed E-state index contributed by atoms with van der Waals surface area (Å²) >= 11 is 1.78. The van der Waals surface area contributed by atoms with Crippen molar-refractivity contribution in [2.45, 2.75) is 19.3 Å². The smallest absolute Gasteiger partial charge is 0.304 e. The Hall–Kier alpha value is -0.250. The molecule has 1 fully saturated rings. The summed E-state index contributed by atoms with van der Waals surface area (Å²) in [6.07, 6.45) is 1.41. The SMILES string of the molecule is O=C(O)CC1(CF)CCSCC1. The first-order chi connectivity index (χ1) is 5.68. The molecule has 1 aliphatic rings. The second-order valence-electron chi connectivity index (χ2n) is 3.32. The van der Waals surface area contributed by atoms with Gasteiger partial charge in [0.2, 0.25) is 0 Å². The Labute approximate surface area is 75.5 Å². The van der Waals surface area contributed by atoms with Crippen LogP contribution < -0.4 is 0 Å². The van der Waals surface area contributed by atoms with Crippen LogP contribution in [0, 0.1) is 5.41 Å². The lowest BCUT2D eigenvalue weighted by Gasteiger charge is -2.32. The van der Waals surface area contributed by atoms with Gasteiger partial charge in [-0.15, -0.1) is 0 Å². The molecule has 0 unspecified atom stereocenters. The third-order valence-electron chi connectivity index (χ3n) is 2.36. The van der Waals surface area contributed by atoms with Gasteiger partial charge in [0.05, 0.1) is 13.1 Å². The van der Waals surface area contributed by atoms with E-state index in [1.165, 1.54) is 0 Å². The number of thioether (sulfide) groups is 1. The average Bonchev–Trinajstić information content (AvgIpc) is 2.05. The van der Waals surface area contributed by atoms with Crippen molar-refractivity contribution in [3.05, 3.63) is 0 Å². The largest absolute Gasteiger partial charge is 0.481 e. The first kappa shape index (κ1) is 9.84. The maximum absolute atomic E-state index is 12.6. The van der Waals surface area contributed by atoms with Crippen molar-refractivity contribution in [3.63, 3.8) is 0 Å². The molecule has 12 heavy (non-hydrogen) atoms. The molecule has 0 aliphatic carbocycles. The lowest BCUT2D eigenvalue weighted by Crippen LogP contribution is -2.31. The Morgan fingerprint density at radius 1 is 1.50 bits per heavy atom. The van der Waals surface area contributed by atoms with Crippen LogP contribution in [0.4, 0.5) is 4.39 Å². The zero-order valence-corrected chi connectivity index (χ0v) is 7.70. The molecular weight excluding hydrogens is 179 g/mol. The van der Waals surface area contributed by atoms with Crippen molar-refractivity contribution in [2.75, 3.05) is 18.2 Å². The van der Waals surface area contributed by atoms with E-state index in [2.05, 4.69) is 0 Å². The van der Waals surface area contributed by atoms with Gasteiger partial charge in [-0.25, -0.2) is 0 Å². The molecule has 0 aromatic rings. The zero-order valence-electron chi connectivity index (χ0n) is 6.88. The summed E-state index contributed by atoms with van der Waals surface area (Å²) in [6.45, 7) is -0.486. The molecule has 1 N–H and O–H groups in total. The molecule has 0 aromatic carbocycles. The van der Waals surface area contributed by atoms with E-state index in [1.54, 1.807) is 11.8 Å². The first-order valence-electron chi connectivity index (χ1n) is 4.04. The molecule has 1 aliphatic heterocycles. The van der Waals surface area contributed by atoms with Crippen LogP contribution in [0.1, 0.15) is 19.3 Å². The number of carbonyl (C=O) groups is 1. The minimum atomic E-state index is -0.875. The fourth-order valence-electron chi connectivity index (χ4n) is 1.48. The summed E-state index contributed by atoms with van der Waals surface area (Å²) < 4.78 is 12.6. The molecule has 1 rings (SSSR count). The average molecular weight is 192 g/mol. The van der Waals surface area contributed by atoms with Crippen LogP contribution >= 0.6 is 11.8 Å². The number of halogens is 1. The second-order valence-corrected chi connectivity index (χ2v) is 4.54. The van der Waals surface area contributed by atoms with Crippen molar-refractivity contribution in [2.24, 2.45) is 5.41 Å². The van der Waals surface area contributed by atoms with Crippen LogP contribution in [-0.2, 0) is 4.79 Å². The predicted octanol–water partition coefficient (Wildman–Crippen LogP) is 1.94. The minimum Gasteiger partial charge on any atom is -0.481 e. The van der Waals surface area contributed by atoms with Gasteiger partial charge in [0.25, 0.3) is 0 Å². The van der Waals surface area contributed by atoms with Crippen molar-refractivity contribution in [1.29, 1.82) is 0 Å². The van der Waals surface area contributed by atoms with Gasteiger partial charge in [0, 0.05) is 5.41 Å². The Morgan fingerprint density at radius 3 is 2.50 bits per heavy atom. The Kier molecular flexibility index (Phi) is 3.38. The van der Waals surface area contributed by atoms with Crippen LogP contribution in [0.15, 0.2) is 0 Å². The Bertz CT molecular complexity index is 166. The van der Waals surface area contributed by atoms with Crippen LogP contribution in [-0.4, -0.2) is 29.3 Å². The molecule has 70 valence electrons. The van der Waals surface area contributed by atoms with Gasteiger partial charge in [-0.1, -0.05) is 0 Å². The first-order valence-corrected chi connectivity index (χ1v) is 5.19. The number of rotatable bonds is 3. The second kappa shape index (κ2) is 4.12. The van der Waals surface area contributed by atoms with E-state index in [9.17, 15) is 9.18 Å². The maximum atomic E-state index is 12.6. The molecule has 0 spiro atoms. The number of hydrogen-bond donors (Lipinski definition) is 1. The standard InChI is InChI=1S/C8H13FO2S/c9-6-8(5-7(10)11)1-3-12-4-2-8/h1-6H2,(H,10,11). The normalized spacial score (nSPS) is 22.1. The fraction of sp³-hybridized carbons (Fsp3) is 0.875. The third kappa shape index (κ3) is 2.37. The molecule has 0 amide bonds. The van der Waals surface area contributed by atoms with Gasteiger partial charge >= 0.3 is 5.97 Å². The summed E-state index contributed by atoms with van der Waals surface area (Å²) in [5, 5.41) is 8.59. The number of aliphatic carboxylic acids is 1. The quantitative estimate of drug-likeness (QED) is 0.742. The summed E-state index contributed by atoms with van der Waals surface area (Å²) in [5.41, 5.74) is -0.545. The zero-order chi connectivity index (χ0) is 9.03. The van der Waals surface area contributed by atoms with Gasteiger partial charge in [-0.05, 0) is 24.3 Å². The Balaban J connectivity index is 2.53. The monoisotopic (exact) mass is 192 g/mol. The van der Waals surface area contributed by atoms with Crippen LogP contribution in [0.2, 0.25) is 0 Å². The number of alkyl halides is 1. The van der Waals surface area contributed by atoms with Gasteiger partial charge < -0.3 is 5.11 Å². The fourth-order valence-corrected chi connectivity index (χ4v) is 2.84. The summed E-state index contributed by atoms with van der Waals surface area (Å²) in [4.78, 5) is 10.5. The van der Waals surface area contributed by atoms with Crippen molar-refractivity contribution < 1.29 is 14.3 Å². The van der Waals surface area contributed by atoms with Gasteiger partial charge in [0.15, 0.2) is 0 Å². The van der Waals surface area contributed by atoms with E-state index in [0.29, 0.717) is 12.8 Å². The van der Waals surface area contributed by atoms with E-state index in [0.717, 1.165) is 11.5 Å². The highest BCUT2D eigenvalue weighted by Crippen LogP contribution is 2.38. The lowest BCUT2D eigenvalue weighted by atomic mass is 9.80. The maximum Gasteiger partial charge on any atom is 0.304 e. The highest BCUT2D eigenvalue weighted by atomic mass is 32.2. The molecule has 1 saturated heterocycles. The van der Waals surface area contributed by atoms with Crippen LogP contribution in [0.3, 0.4) is 0 Å². The van der Waals surface area contributed by atoms with Crippen LogP contribution in [0.25, 0.3) is 0 Å². The number of carboxylic acid groups (broad SMARTS) is 1. The molecular formula is C8H13FO2S. The topological polar surface area (TPSA) is 37.3 Å². The molecule has 2 nitrogen and oxygen atoms in total. The van der Waals surface area contributed by atoms with Crippen molar-refractivity contribution in [1.82, 2.24) is 0 Å². The van der Waals surface area contributed by atoms with Gasteiger partial charge in [0.1, 0.15) is 0 Å². The minimum absolute atomic E-state index is 0.00986. The summed E-state index contributed by atoms with van der Waals surface area (Å²) in [6, 6.07) is 0. The third-order valence-corrected chi connectivity index (χ3v) is 3.35. The van der Waals surface area contributed by atoms with E-state index < -0.39 is 18.1 Å². The van der Waals surface area contributed by atoms with Gasteiger partial charge in [-0.2, -0.15) is 11.8 Å². The lowest BCUT2D eigenvalue weighted by molar-refractivity contribution is -0.140. The van der Waals surface area contributed by atoms with Crippen LogP contribution in [0.5, 0.6) is 0 Å². The van der Waals surface area contributed by atoms with E-state index in [1.807, 2.05) is 0 Å². The number of hydrogen-bond acceptors (Lipinski definition) is 2. The van der Waals surface area contributed by atoms with Gasteiger partial charge in [-0.3, -0.25) is 9.18 Å². The highest BCUT2D eigenvalue weighted by Gasteiger charge is 2.34. The number of carboxylic acids is 1. The van der Waals surface area contributed by atoms with Crippen molar-refractivity contribution >= 4 is 17.7 Å². The Morgan fingerprint density at radius 2 is 2.08 bits per heavy atom. The van der Waals surface area contributed by atoms with E-state index >= 15 is 0 Å². The highest BCUT2D eigenvalue weighted by molar-refractivity contribution is 7.99. The summed E-state index contributed by atoms with van der Waals surface area (Å²) in [5.74, 6) is 0.925. The molecule has 0 bridgehead atoms. The molecule has 4 heteroatoms. The van der Waals surface area contributed by atoms with Crippen molar-refractivity contribution in [3.8, 4) is 0 Å². The molecule has 0 radical (unpaired) electrons.